The number of ketones is 1. The number of hydrogen-bond donors (Lipinski definition) is 1. The predicted molar refractivity (Wildman–Crippen MR) is 93.2 cm³/mol. The van der Waals surface area contributed by atoms with Gasteiger partial charge < -0.3 is 9.84 Å². The summed E-state index contributed by atoms with van der Waals surface area (Å²) < 4.78 is 5.45. The van der Waals surface area contributed by atoms with Gasteiger partial charge in [0.25, 0.3) is 0 Å². The third kappa shape index (κ3) is 3.01. The molecule has 4 aliphatic rings. The number of ether oxygens (including phenoxy) is 1. The van der Waals surface area contributed by atoms with Crippen LogP contribution in [-0.4, -0.2) is 29.1 Å². The van der Waals surface area contributed by atoms with E-state index in [1.54, 1.807) is 12.1 Å². The number of hydrogen-bond acceptors (Lipinski definition) is 4. The Kier molecular flexibility index (Phi) is 3.99. The number of aryl methyl sites for hydroxylation is 1. The first-order valence-electron chi connectivity index (χ1n) is 9.43. The first kappa shape index (κ1) is 16.8. The average Bonchev–Trinajstić information content (AvgIpc) is 2.57. The van der Waals surface area contributed by atoms with Crippen LogP contribution < -0.4 is 0 Å². The van der Waals surface area contributed by atoms with E-state index < -0.39 is 11.0 Å². The summed E-state index contributed by atoms with van der Waals surface area (Å²) in [5.41, 5.74) is 0.498. The number of aliphatic hydroxyl groups is 1. The fourth-order valence-electron chi connectivity index (χ4n) is 5.75. The molecule has 0 spiro atoms. The van der Waals surface area contributed by atoms with Crippen molar-refractivity contribution in [1.29, 1.82) is 0 Å². The molecule has 4 bridgehead atoms. The van der Waals surface area contributed by atoms with Gasteiger partial charge in [0, 0.05) is 5.56 Å². The maximum absolute atomic E-state index is 12.8. The summed E-state index contributed by atoms with van der Waals surface area (Å²) in [5.74, 6) is 0.408. The molecule has 1 aromatic rings. The lowest BCUT2D eigenvalue weighted by atomic mass is 9.48. The number of rotatable bonds is 5. The van der Waals surface area contributed by atoms with Crippen molar-refractivity contribution in [3.05, 3.63) is 35.4 Å². The van der Waals surface area contributed by atoms with E-state index in [9.17, 15) is 14.7 Å². The van der Waals surface area contributed by atoms with E-state index in [0.717, 1.165) is 38.5 Å². The Morgan fingerprint density at radius 1 is 1.12 bits per heavy atom. The molecule has 4 heteroatoms. The second-order valence-electron chi connectivity index (χ2n) is 8.52. The highest BCUT2D eigenvalue weighted by Gasteiger charge is 2.60. The SMILES string of the molecule is CCc1ccc(C(=O)COC(=O)C23CC4CC(CC(O)(C4)C2)C3)cc1. The van der Waals surface area contributed by atoms with Crippen LogP contribution in [0.1, 0.15) is 61.4 Å². The maximum Gasteiger partial charge on any atom is 0.312 e. The molecule has 4 fully saturated rings. The van der Waals surface area contributed by atoms with Gasteiger partial charge in [0.05, 0.1) is 11.0 Å². The van der Waals surface area contributed by atoms with Crippen molar-refractivity contribution in [2.24, 2.45) is 17.3 Å². The van der Waals surface area contributed by atoms with Crippen LogP contribution in [-0.2, 0) is 16.0 Å². The van der Waals surface area contributed by atoms with E-state index in [2.05, 4.69) is 6.92 Å². The minimum Gasteiger partial charge on any atom is -0.457 e. The molecule has 25 heavy (non-hydrogen) atoms. The van der Waals surface area contributed by atoms with Crippen LogP contribution in [0.15, 0.2) is 24.3 Å². The van der Waals surface area contributed by atoms with Gasteiger partial charge in [-0.15, -0.1) is 0 Å². The van der Waals surface area contributed by atoms with Crippen molar-refractivity contribution in [3.8, 4) is 0 Å². The summed E-state index contributed by atoms with van der Waals surface area (Å²) in [6.07, 6.45) is 5.82. The third-order valence-electron chi connectivity index (χ3n) is 6.48. The Labute approximate surface area is 148 Å². The van der Waals surface area contributed by atoms with Crippen LogP contribution in [0.2, 0.25) is 0 Å². The van der Waals surface area contributed by atoms with Crippen LogP contribution in [0.4, 0.5) is 0 Å². The lowest BCUT2D eigenvalue weighted by molar-refractivity contribution is -0.195. The normalized spacial score (nSPS) is 35.6. The van der Waals surface area contributed by atoms with Crippen LogP contribution in [0, 0.1) is 17.3 Å². The topological polar surface area (TPSA) is 63.6 Å². The van der Waals surface area contributed by atoms with Crippen molar-refractivity contribution >= 4 is 11.8 Å². The van der Waals surface area contributed by atoms with Gasteiger partial charge in [0.2, 0.25) is 0 Å². The second kappa shape index (κ2) is 5.94. The fourth-order valence-corrected chi connectivity index (χ4v) is 5.75. The number of carbonyl (C=O) groups excluding carboxylic acids is 2. The van der Waals surface area contributed by atoms with Gasteiger partial charge >= 0.3 is 5.97 Å². The fraction of sp³-hybridized carbons (Fsp3) is 0.619. The quantitative estimate of drug-likeness (QED) is 0.659. The summed E-state index contributed by atoms with van der Waals surface area (Å²) in [6.45, 7) is 1.86. The third-order valence-corrected chi connectivity index (χ3v) is 6.48. The molecule has 2 unspecified atom stereocenters. The van der Waals surface area contributed by atoms with Gasteiger partial charge in [-0.25, -0.2) is 0 Å². The zero-order valence-corrected chi connectivity index (χ0v) is 14.8. The van der Waals surface area contributed by atoms with Gasteiger partial charge in [-0.3, -0.25) is 9.59 Å². The minimum absolute atomic E-state index is 0.167. The van der Waals surface area contributed by atoms with Crippen LogP contribution in [0.3, 0.4) is 0 Å². The molecular weight excluding hydrogens is 316 g/mol. The van der Waals surface area contributed by atoms with E-state index in [-0.39, 0.29) is 18.4 Å². The van der Waals surface area contributed by atoms with Gasteiger partial charge in [0.15, 0.2) is 12.4 Å². The zero-order chi connectivity index (χ0) is 17.7. The highest BCUT2D eigenvalue weighted by molar-refractivity contribution is 5.98. The Morgan fingerprint density at radius 3 is 2.32 bits per heavy atom. The van der Waals surface area contributed by atoms with Gasteiger partial charge in [-0.2, -0.15) is 0 Å². The number of carbonyl (C=O) groups is 2. The standard InChI is InChI=1S/C21H26O4/c1-2-14-3-5-17(6-4-14)18(22)12-25-19(23)20-8-15-7-16(9-20)11-21(24,10-15)13-20/h3-6,15-16,24H,2,7-13H2,1H3. The highest BCUT2D eigenvalue weighted by atomic mass is 16.5. The van der Waals surface area contributed by atoms with Crippen molar-refractivity contribution in [2.75, 3.05) is 6.61 Å². The first-order valence-corrected chi connectivity index (χ1v) is 9.43. The monoisotopic (exact) mass is 342 g/mol. The molecule has 134 valence electrons. The molecule has 4 aliphatic carbocycles. The predicted octanol–water partition coefficient (Wildman–Crippen LogP) is 3.31. The molecule has 5 rings (SSSR count). The molecule has 2 atom stereocenters. The molecule has 0 radical (unpaired) electrons. The number of esters is 1. The molecule has 0 aliphatic heterocycles. The van der Waals surface area contributed by atoms with E-state index >= 15 is 0 Å². The lowest BCUT2D eigenvalue weighted by Crippen LogP contribution is -2.58. The molecule has 0 amide bonds. The van der Waals surface area contributed by atoms with E-state index in [1.807, 2.05) is 12.1 Å². The van der Waals surface area contributed by atoms with Gasteiger partial charge in [-0.05, 0) is 62.3 Å². The molecule has 0 heterocycles. The molecule has 1 N–H and O–H groups in total. The second-order valence-corrected chi connectivity index (χ2v) is 8.52. The molecule has 0 saturated heterocycles. The zero-order valence-electron chi connectivity index (χ0n) is 14.8. The summed E-state index contributed by atoms with van der Waals surface area (Å²) in [4.78, 5) is 25.1. The summed E-state index contributed by atoms with van der Waals surface area (Å²) >= 11 is 0. The van der Waals surface area contributed by atoms with Crippen molar-refractivity contribution in [2.45, 2.75) is 57.5 Å². The van der Waals surface area contributed by atoms with E-state index in [4.69, 9.17) is 4.74 Å². The Hall–Kier alpha value is -1.68. The summed E-state index contributed by atoms with van der Waals surface area (Å²) in [7, 11) is 0. The summed E-state index contributed by atoms with van der Waals surface area (Å²) in [6, 6.07) is 7.46. The largest absolute Gasteiger partial charge is 0.457 e. The molecule has 4 saturated carbocycles. The lowest BCUT2D eigenvalue weighted by Gasteiger charge is -2.58. The van der Waals surface area contributed by atoms with Crippen molar-refractivity contribution in [3.63, 3.8) is 0 Å². The molecular formula is C21H26O4. The first-order chi connectivity index (χ1) is 11.9. The summed E-state index contributed by atoms with van der Waals surface area (Å²) in [5, 5.41) is 10.7. The molecule has 0 aromatic heterocycles. The van der Waals surface area contributed by atoms with Crippen LogP contribution >= 0.6 is 0 Å². The van der Waals surface area contributed by atoms with Crippen LogP contribution in [0.25, 0.3) is 0 Å². The maximum atomic E-state index is 12.8. The van der Waals surface area contributed by atoms with Crippen molar-refractivity contribution < 1.29 is 19.4 Å². The molecule has 1 aromatic carbocycles. The highest BCUT2D eigenvalue weighted by Crippen LogP contribution is 2.61. The average molecular weight is 342 g/mol. The van der Waals surface area contributed by atoms with Crippen LogP contribution in [0.5, 0.6) is 0 Å². The number of benzene rings is 1. The Bertz CT molecular complexity index is 676. The molecule has 4 nitrogen and oxygen atoms in total. The Balaban J connectivity index is 1.41. The minimum atomic E-state index is -0.691. The smallest absolute Gasteiger partial charge is 0.312 e. The van der Waals surface area contributed by atoms with E-state index in [0.29, 0.717) is 23.8 Å². The van der Waals surface area contributed by atoms with Gasteiger partial charge in [0.1, 0.15) is 0 Å². The van der Waals surface area contributed by atoms with Gasteiger partial charge in [-0.1, -0.05) is 31.2 Å². The Morgan fingerprint density at radius 2 is 1.76 bits per heavy atom. The van der Waals surface area contributed by atoms with Crippen molar-refractivity contribution in [1.82, 2.24) is 0 Å². The van der Waals surface area contributed by atoms with E-state index in [1.165, 1.54) is 5.56 Å². The number of Topliss-reactive ketones (excluding diaryl/α,β-unsaturated/α-hetero) is 1.